The summed E-state index contributed by atoms with van der Waals surface area (Å²) in [5, 5.41) is 6.07. The maximum Gasteiger partial charge on any atom is 0.234 e. The van der Waals surface area contributed by atoms with E-state index in [2.05, 4.69) is 15.5 Å². The molecular weight excluding hydrogens is 330 g/mol. The zero-order valence-electron chi connectivity index (χ0n) is 15.7. The van der Waals surface area contributed by atoms with Gasteiger partial charge in [-0.05, 0) is 42.7 Å². The normalized spacial score (nSPS) is 22.8. The van der Waals surface area contributed by atoms with E-state index in [0.29, 0.717) is 24.9 Å². The van der Waals surface area contributed by atoms with Crippen LogP contribution >= 0.6 is 0 Å². The topological polar surface area (TPSA) is 70.7 Å². The van der Waals surface area contributed by atoms with Gasteiger partial charge in [-0.3, -0.25) is 14.5 Å². The number of para-hydroxylation sites is 1. The number of nitrogens with zero attached hydrogens (tertiary/aromatic N) is 1. The average Bonchev–Trinajstić information content (AvgIpc) is 3.38. The van der Waals surface area contributed by atoms with E-state index in [4.69, 9.17) is 4.74 Å². The van der Waals surface area contributed by atoms with Gasteiger partial charge in [0.1, 0.15) is 5.75 Å². The number of rotatable bonds is 8. The van der Waals surface area contributed by atoms with Crippen molar-refractivity contribution in [3.8, 4) is 5.75 Å². The minimum atomic E-state index is 0.0174. The minimum absolute atomic E-state index is 0.0174. The fourth-order valence-electron chi connectivity index (χ4n) is 3.96. The van der Waals surface area contributed by atoms with Crippen LogP contribution in [0.5, 0.6) is 5.75 Å². The summed E-state index contributed by atoms with van der Waals surface area (Å²) >= 11 is 0. The lowest BCUT2D eigenvalue weighted by atomic mass is 9.98. The van der Waals surface area contributed by atoms with E-state index in [1.165, 1.54) is 12.8 Å². The molecule has 6 nitrogen and oxygen atoms in total. The Balaban J connectivity index is 1.44. The number of nitrogens with one attached hydrogen (secondary N) is 2. The van der Waals surface area contributed by atoms with Crippen LogP contribution in [0.2, 0.25) is 0 Å². The molecule has 142 valence electrons. The number of amides is 2. The van der Waals surface area contributed by atoms with Crippen LogP contribution in [-0.2, 0) is 16.0 Å². The molecule has 1 aromatic rings. The van der Waals surface area contributed by atoms with Crippen molar-refractivity contribution in [2.24, 2.45) is 11.8 Å². The fraction of sp³-hybridized carbons (Fsp3) is 0.600. The highest BCUT2D eigenvalue weighted by molar-refractivity contribution is 5.78. The summed E-state index contributed by atoms with van der Waals surface area (Å²) in [7, 11) is 1.66. The van der Waals surface area contributed by atoms with Crippen LogP contribution in [0.15, 0.2) is 24.3 Å². The first kappa shape index (κ1) is 18.7. The molecule has 1 aromatic carbocycles. The second-order valence-electron chi connectivity index (χ2n) is 7.41. The zero-order chi connectivity index (χ0) is 18.5. The molecular formula is C20H29N3O3. The SMILES string of the molecule is COc1ccccc1CCNC(=O)CN1C[C@H](NC(C)=O)[C@@H](C2CC2)C1. The molecule has 3 rings (SSSR count). The molecule has 1 aliphatic carbocycles. The van der Waals surface area contributed by atoms with Gasteiger partial charge in [-0.2, -0.15) is 0 Å². The van der Waals surface area contributed by atoms with Crippen LogP contribution in [0.1, 0.15) is 25.3 Å². The fourth-order valence-corrected chi connectivity index (χ4v) is 3.96. The molecule has 26 heavy (non-hydrogen) atoms. The number of carbonyl (C=O) groups is 2. The lowest BCUT2D eigenvalue weighted by molar-refractivity contribution is -0.122. The van der Waals surface area contributed by atoms with Crippen molar-refractivity contribution in [2.45, 2.75) is 32.2 Å². The van der Waals surface area contributed by atoms with Crippen LogP contribution in [0, 0.1) is 11.8 Å². The predicted molar refractivity (Wildman–Crippen MR) is 100.0 cm³/mol. The van der Waals surface area contributed by atoms with Crippen LogP contribution in [0.25, 0.3) is 0 Å². The summed E-state index contributed by atoms with van der Waals surface area (Å²) in [5.74, 6) is 2.11. The third-order valence-corrected chi connectivity index (χ3v) is 5.33. The summed E-state index contributed by atoms with van der Waals surface area (Å²) < 4.78 is 5.34. The van der Waals surface area contributed by atoms with E-state index in [1.807, 2.05) is 24.3 Å². The van der Waals surface area contributed by atoms with E-state index in [-0.39, 0.29) is 17.9 Å². The number of carbonyl (C=O) groups excluding carboxylic acids is 2. The summed E-state index contributed by atoms with van der Waals surface area (Å²) in [5.41, 5.74) is 1.09. The molecule has 1 aliphatic heterocycles. The van der Waals surface area contributed by atoms with Crippen LogP contribution < -0.4 is 15.4 Å². The van der Waals surface area contributed by atoms with Gasteiger partial charge in [0.25, 0.3) is 0 Å². The monoisotopic (exact) mass is 359 g/mol. The average molecular weight is 359 g/mol. The van der Waals surface area contributed by atoms with E-state index in [0.717, 1.165) is 30.8 Å². The van der Waals surface area contributed by atoms with Crippen molar-refractivity contribution in [2.75, 3.05) is 33.3 Å². The maximum atomic E-state index is 12.3. The highest BCUT2D eigenvalue weighted by atomic mass is 16.5. The molecule has 0 spiro atoms. The van der Waals surface area contributed by atoms with Crippen molar-refractivity contribution in [1.29, 1.82) is 0 Å². The maximum absolute atomic E-state index is 12.3. The van der Waals surface area contributed by atoms with Gasteiger partial charge in [0.05, 0.1) is 13.7 Å². The number of hydrogen-bond acceptors (Lipinski definition) is 4. The molecule has 2 aliphatic rings. The van der Waals surface area contributed by atoms with Gasteiger partial charge in [0.2, 0.25) is 11.8 Å². The summed E-state index contributed by atoms with van der Waals surface area (Å²) in [6, 6.07) is 8.05. The zero-order valence-corrected chi connectivity index (χ0v) is 15.7. The van der Waals surface area contributed by atoms with Crippen molar-refractivity contribution in [1.82, 2.24) is 15.5 Å². The van der Waals surface area contributed by atoms with Crippen LogP contribution in [0.3, 0.4) is 0 Å². The lowest BCUT2D eigenvalue weighted by Crippen LogP contribution is -2.41. The Bertz CT molecular complexity index is 645. The lowest BCUT2D eigenvalue weighted by Gasteiger charge is -2.18. The Morgan fingerprint density at radius 3 is 2.69 bits per heavy atom. The Kier molecular flexibility index (Phi) is 6.14. The van der Waals surface area contributed by atoms with Crippen molar-refractivity contribution in [3.63, 3.8) is 0 Å². The molecule has 1 heterocycles. The Morgan fingerprint density at radius 1 is 1.23 bits per heavy atom. The first-order valence-electron chi connectivity index (χ1n) is 9.45. The van der Waals surface area contributed by atoms with E-state index in [9.17, 15) is 9.59 Å². The van der Waals surface area contributed by atoms with Crippen molar-refractivity contribution >= 4 is 11.8 Å². The highest BCUT2D eigenvalue weighted by Crippen LogP contribution is 2.41. The molecule has 1 saturated carbocycles. The molecule has 0 aromatic heterocycles. The van der Waals surface area contributed by atoms with E-state index < -0.39 is 0 Å². The van der Waals surface area contributed by atoms with Gasteiger partial charge in [-0.25, -0.2) is 0 Å². The van der Waals surface area contributed by atoms with Crippen LogP contribution in [-0.4, -0.2) is 56.0 Å². The van der Waals surface area contributed by atoms with Gasteiger partial charge >= 0.3 is 0 Å². The summed E-state index contributed by atoms with van der Waals surface area (Å²) in [6.45, 7) is 4.22. The van der Waals surface area contributed by atoms with Gasteiger partial charge in [0.15, 0.2) is 0 Å². The van der Waals surface area contributed by atoms with Gasteiger partial charge in [-0.15, -0.1) is 0 Å². The first-order valence-corrected chi connectivity index (χ1v) is 9.45. The van der Waals surface area contributed by atoms with Gasteiger partial charge < -0.3 is 15.4 Å². The second-order valence-corrected chi connectivity index (χ2v) is 7.41. The highest BCUT2D eigenvalue weighted by Gasteiger charge is 2.42. The largest absolute Gasteiger partial charge is 0.496 e. The van der Waals surface area contributed by atoms with Gasteiger partial charge in [0, 0.05) is 32.6 Å². The van der Waals surface area contributed by atoms with E-state index in [1.54, 1.807) is 14.0 Å². The molecule has 2 atom stereocenters. The molecule has 0 radical (unpaired) electrons. The second kappa shape index (κ2) is 8.54. The first-order chi connectivity index (χ1) is 12.6. The smallest absolute Gasteiger partial charge is 0.234 e. The molecule has 0 bridgehead atoms. The number of methoxy groups -OCH3 is 1. The Morgan fingerprint density at radius 2 is 2.00 bits per heavy atom. The Labute approximate surface area is 155 Å². The quantitative estimate of drug-likeness (QED) is 0.732. The Hall–Kier alpha value is -2.08. The molecule has 2 N–H and O–H groups in total. The van der Waals surface area contributed by atoms with Gasteiger partial charge in [-0.1, -0.05) is 18.2 Å². The molecule has 2 fully saturated rings. The van der Waals surface area contributed by atoms with Crippen molar-refractivity contribution < 1.29 is 14.3 Å². The summed E-state index contributed by atoms with van der Waals surface area (Å²) in [6.07, 6.45) is 3.24. The van der Waals surface area contributed by atoms with Crippen molar-refractivity contribution in [3.05, 3.63) is 29.8 Å². The number of benzene rings is 1. The third-order valence-electron chi connectivity index (χ3n) is 5.33. The van der Waals surface area contributed by atoms with Crippen LogP contribution in [0.4, 0.5) is 0 Å². The molecule has 0 unspecified atom stereocenters. The molecule has 1 saturated heterocycles. The number of hydrogen-bond donors (Lipinski definition) is 2. The molecule has 2 amide bonds. The number of likely N-dealkylation sites (tertiary alicyclic amines) is 1. The van der Waals surface area contributed by atoms with E-state index >= 15 is 0 Å². The predicted octanol–water partition coefficient (Wildman–Crippen LogP) is 1.20. The third kappa shape index (κ3) is 4.97. The standard InChI is InChI=1S/C20H29N3O3/c1-14(24)22-18-12-23(11-17(18)15-7-8-15)13-20(25)21-10-9-16-5-3-4-6-19(16)26-2/h3-6,15,17-18H,7-13H2,1-2H3,(H,21,25)(H,22,24)/t17-,18+/m1/s1. The molecule has 6 heteroatoms. The minimum Gasteiger partial charge on any atom is -0.496 e. The number of ether oxygens (including phenoxy) is 1. The summed E-state index contributed by atoms with van der Waals surface area (Å²) in [4.78, 5) is 25.9.